The van der Waals surface area contributed by atoms with E-state index in [9.17, 15) is 4.79 Å². The van der Waals surface area contributed by atoms with E-state index in [2.05, 4.69) is 59.5 Å². The highest BCUT2D eigenvalue weighted by Crippen LogP contribution is 2.34. The number of carbonyl (C=O) groups excluding carboxylic acids is 1. The number of rotatable bonds is 6. The zero-order valence-corrected chi connectivity index (χ0v) is 16.5. The Morgan fingerprint density at radius 3 is 2.54 bits per heavy atom. The molecule has 2 aliphatic rings. The second kappa shape index (κ2) is 9.01. The Hall–Kier alpha value is -1.39. The van der Waals surface area contributed by atoms with Gasteiger partial charge in [-0.25, -0.2) is 0 Å². The van der Waals surface area contributed by atoms with Crippen LogP contribution in [0.3, 0.4) is 0 Å². The summed E-state index contributed by atoms with van der Waals surface area (Å²) >= 11 is 0. The predicted octanol–water partition coefficient (Wildman–Crippen LogP) is 3.03. The minimum absolute atomic E-state index is 0.0884. The van der Waals surface area contributed by atoms with Crippen LogP contribution in [0.1, 0.15) is 50.5 Å². The normalized spacial score (nSPS) is 24.3. The number of benzene rings is 1. The van der Waals surface area contributed by atoms with E-state index in [4.69, 9.17) is 0 Å². The molecule has 4 nitrogen and oxygen atoms in total. The lowest BCUT2D eigenvalue weighted by Crippen LogP contribution is -2.48. The maximum absolute atomic E-state index is 12.5. The summed E-state index contributed by atoms with van der Waals surface area (Å²) < 4.78 is 0. The lowest BCUT2D eigenvalue weighted by atomic mass is 9.72. The van der Waals surface area contributed by atoms with E-state index < -0.39 is 0 Å². The highest BCUT2D eigenvalue weighted by molar-refractivity contribution is 5.76. The van der Waals surface area contributed by atoms with E-state index in [0.29, 0.717) is 12.5 Å². The van der Waals surface area contributed by atoms with Gasteiger partial charge in [0.05, 0.1) is 0 Å². The highest BCUT2D eigenvalue weighted by atomic mass is 16.1. The molecule has 0 aromatic heterocycles. The summed E-state index contributed by atoms with van der Waals surface area (Å²) in [5.41, 5.74) is 1.46. The molecule has 1 aromatic rings. The monoisotopic (exact) mass is 357 g/mol. The second-order valence-electron chi connectivity index (χ2n) is 8.40. The lowest BCUT2D eigenvalue weighted by Gasteiger charge is -2.41. The van der Waals surface area contributed by atoms with Crippen LogP contribution in [-0.2, 0) is 10.2 Å². The molecule has 1 N–H and O–H groups in total. The molecule has 4 heteroatoms. The predicted molar refractivity (Wildman–Crippen MR) is 107 cm³/mol. The first-order valence-corrected chi connectivity index (χ1v) is 10.3. The molecular formula is C22H35N3O. The van der Waals surface area contributed by atoms with Gasteiger partial charge >= 0.3 is 0 Å². The SMILES string of the molecule is CN1CCC(CNC(=O)CC[C@@H]2CCCCN2C)(c2ccccc2)CC1. The van der Waals surface area contributed by atoms with Crippen LogP contribution >= 0.6 is 0 Å². The van der Waals surface area contributed by atoms with Crippen LogP contribution in [-0.4, -0.2) is 62.0 Å². The van der Waals surface area contributed by atoms with Crippen molar-refractivity contribution >= 4 is 5.91 Å². The summed E-state index contributed by atoms with van der Waals surface area (Å²) in [6.45, 7) is 4.14. The lowest BCUT2D eigenvalue weighted by molar-refractivity contribution is -0.121. The van der Waals surface area contributed by atoms with Crippen LogP contribution in [0.15, 0.2) is 30.3 Å². The van der Waals surface area contributed by atoms with E-state index in [-0.39, 0.29) is 11.3 Å². The second-order valence-corrected chi connectivity index (χ2v) is 8.40. The van der Waals surface area contributed by atoms with Crippen molar-refractivity contribution in [3.8, 4) is 0 Å². The van der Waals surface area contributed by atoms with Crippen LogP contribution in [0, 0.1) is 0 Å². The van der Waals surface area contributed by atoms with Gasteiger partial charge in [-0.15, -0.1) is 0 Å². The Kier molecular flexibility index (Phi) is 6.71. The van der Waals surface area contributed by atoms with Gasteiger partial charge in [0, 0.05) is 24.4 Å². The first-order valence-electron chi connectivity index (χ1n) is 10.3. The standard InChI is InChI=1S/C22H35N3O/c1-24-16-13-22(14-17-24,19-8-4-3-5-9-19)18-23-21(26)12-11-20-10-6-7-15-25(20)2/h3-5,8-9,20H,6-7,10-18H2,1-2H3,(H,23,26)/t20-/m0/s1. The highest BCUT2D eigenvalue weighted by Gasteiger charge is 2.35. The number of hydrogen-bond acceptors (Lipinski definition) is 3. The topological polar surface area (TPSA) is 35.6 Å². The number of carbonyl (C=O) groups is 1. The number of nitrogens with one attached hydrogen (secondary N) is 1. The smallest absolute Gasteiger partial charge is 0.220 e. The maximum Gasteiger partial charge on any atom is 0.220 e. The van der Waals surface area contributed by atoms with Crippen LogP contribution in [0.5, 0.6) is 0 Å². The number of nitrogens with zero attached hydrogens (tertiary/aromatic N) is 2. The Bertz CT molecular complexity index is 566. The molecule has 2 heterocycles. The largest absolute Gasteiger partial charge is 0.355 e. The van der Waals surface area contributed by atoms with Crippen molar-refractivity contribution in [2.75, 3.05) is 40.3 Å². The van der Waals surface area contributed by atoms with Gasteiger partial charge in [-0.2, -0.15) is 0 Å². The fourth-order valence-corrected chi connectivity index (χ4v) is 4.57. The average molecular weight is 358 g/mol. The molecule has 0 unspecified atom stereocenters. The van der Waals surface area contributed by atoms with E-state index in [1.165, 1.54) is 31.4 Å². The van der Waals surface area contributed by atoms with Gasteiger partial charge < -0.3 is 15.1 Å². The van der Waals surface area contributed by atoms with Crippen molar-refractivity contribution in [3.63, 3.8) is 0 Å². The van der Waals surface area contributed by atoms with Gasteiger partial charge in [0.15, 0.2) is 0 Å². The molecule has 2 saturated heterocycles. The van der Waals surface area contributed by atoms with Crippen molar-refractivity contribution in [1.29, 1.82) is 0 Å². The summed E-state index contributed by atoms with van der Waals surface area (Å²) in [6, 6.07) is 11.4. The summed E-state index contributed by atoms with van der Waals surface area (Å²) in [5, 5.41) is 3.28. The zero-order valence-electron chi connectivity index (χ0n) is 16.5. The molecule has 0 bridgehead atoms. The molecule has 2 fully saturated rings. The molecule has 0 radical (unpaired) electrons. The van der Waals surface area contributed by atoms with Crippen molar-refractivity contribution in [2.24, 2.45) is 0 Å². The van der Waals surface area contributed by atoms with E-state index in [1.54, 1.807) is 0 Å². The average Bonchev–Trinajstić information content (AvgIpc) is 2.68. The third-order valence-electron chi connectivity index (χ3n) is 6.58. The molecule has 0 aliphatic carbocycles. The number of amides is 1. The van der Waals surface area contributed by atoms with Crippen LogP contribution in [0.25, 0.3) is 0 Å². The van der Waals surface area contributed by atoms with Gasteiger partial charge in [0.1, 0.15) is 0 Å². The fourth-order valence-electron chi connectivity index (χ4n) is 4.57. The number of likely N-dealkylation sites (tertiary alicyclic amines) is 2. The Balaban J connectivity index is 1.55. The van der Waals surface area contributed by atoms with Gasteiger partial charge in [-0.1, -0.05) is 36.8 Å². The third kappa shape index (κ3) is 4.86. The minimum Gasteiger partial charge on any atom is -0.355 e. The minimum atomic E-state index is 0.0884. The summed E-state index contributed by atoms with van der Waals surface area (Å²) in [7, 11) is 4.39. The van der Waals surface area contributed by atoms with Gasteiger partial charge in [0.2, 0.25) is 5.91 Å². The molecule has 0 saturated carbocycles. The number of hydrogen-bond donors (Lipinski definition) is 1. The molecule has 2 aliphatic heterocycles. The van der Waals surface area contributed by atoms with Gasteiger partial charge in [-0.05, 0) is 71.4 Å². The quantitative estimate of drug-likeness (QED) is 0.850. The van der Waals surface area contributed by atoms with Crippen LogP contribution < -0.4 is 5.32 Å². The molecule has 1 amide bonds. The molecule has 144 valence electrons. The first kappa shape index (κ1) is 19.4. The Morgan fingerprint density at radius 1 is 1.12 bits per heavy atom. The van der Waals surface area contributed by atoms with E-state index >= 15 is 0 Å². The molecule has 3 rings (SSSR count). The summed E-state index contributed by atoms with van der Waals surface area (Å²) in [4.78, 5) is 17.4. The molecule has 26 heavy (non-hydrogen) atoms. The van der Waals surface area contributed by atoms with Crippen molar-refractivity contribution in [1.82, 2.24) is 15.1 Å². The summed E-state index contributed by atoms with van der Waals surface area (Å²) in [6.07, 6.45) is 7.71. The summed E-state index contributed by atoms with van der Waals surface area (Å²) in [5.74, 6) is 0.221. The van der Waals surface area contributed by atoms with Crippen molar-refractivity contribution in [2.45, 2.75) is 56.4 Å². The number of piperidine rings is 2. The van der Waals surface area contributed by atoms with Crippen LogP contribution in [0.2, 0.25) is 0 Å². The molecule has 0 spiro atoms. The fraction of sp³-hybridized carbons (Fsp3) is 0.682. The van der Waals surface area contributed by atoms with Crippen molar-refractivity contribution in [3.05, 3.63) is 35.9 Å². The van der Waals surface area contributed by atoms with Gasteiger partial charge in [-0.3, -0.25) is 4.79 Å². The van der Waals surface area contributed by atoms with Crippen molar-refractivity contribution < 1.29 is 4.79 Å². The third-order valence-corrected chi connectivity index (χ3v) is 6.58. The molecule has 1 atom stereocenters. The van der Waals surface area contributed by atoms with Crippen LogP contribution in [0.4, 0.5) is 0 Å². The zero-order chi connectivity index (χ0) is 18.4. The molecular weight excluding hydrogens is 322 g/mol. The Labute approximate surface area is 158 Å². The van der Waals surface area contributed by atoms with E-state index in [1.807, 2.05) is 0 Å². The van der Waals surface area contributed by atoms with Gasteiger partial charge in [0.25, 0.3) is 0 Å². The van der Waals surface area contributed by atoms with E-state index in [0.717, 1.165) is 38.9 Å². The first-order chi connectivity index (χ1) is 12.6. The maximum atomic E-state index is 12.5. The Morgan fingerprint density at radius 2 is 1.85 bits per heavy atom. The molecule has 1 aromatic carbocycles.